The Hall–Kier alpha value is -2.36. The van der Waals surface area contributed by atoms with E-state index in [0.29, 0.717) is 19.4 Å². The molecular formula is C19H20FNO2. The van der Waals surface area contributed by atoms with E-state index in [4.69, 9.17) is 4.74 Å². The number of rotatable bonds is 5. The van der Waals surface area contributed by atoms with Gasteiger partial charge in [-0.3, -0.25) is 4.79 Å². The molecule has 0 aliphatic heterocycles. The molecule has 0 saturated heterocycles. The zero-order valence-corrected chi connectivity index (χ0v) is 13.1. The molecule has 3 rings (SSSR count). The van der Waals surface area contributed by atoms with E-state index in [1.165, 1.54) is 0 Å². The van der Waals surface area contributed by atoms with Crippen LogP contribution in [0.15, 0.2) is 48.5 Å². The number of hydrogen-bond donors (Lipinski definition) is 1. The van der Waals surface area contributed by atoms with Crippen LogP contribution in [0.4, 0.5) is 10.1 Å². The minimum Gasteiger partial charge on any atom is -0.489 e. The van der Waals surface area contributed by atoms with E-state index in [9.17, 15) is 9.18 Å². The third kappa shape index (κ3) is 3.89. The van der Waals surface area contributed by atoms with Crippen molar-refractivity contribution in [2.24, 2.45) is 5.92 Å². The fraction of sp³-hybridized carbons (Fsp3) is 0.316. The lowest BCUT2D eigenvalue weighted by molar-refractivity contribution is -0.124. The summed E-state index contributed by atoms with van der Waals surface area (Å²) in [4.78, 5) is 12.0. The van der Waals surface area contributed by atoms with Gasteiger partial charge in [-0.15, -0.1) is 0 Å². The highest BCUT2D eigenvalue weighted by Gasteiger charge is 2.34. The highest BCUT2D eigenvalue weighted by molar-refractivity contribution is 5.93. The van der Waals surface area contributed by atoms with Crippen molar-refractivity contribution < 1.29 is 13.9 Å². The van der Waals surface area contributed by atoms with Crippen LogP contribution in [0.1, 0.15) is 24.0 Å². The molecule has 1 aliphatic rings. The number of nitrogens with one attached hydrogen (secondary N) is 1. The maximum absolute atomic E-state index is 12.8. The van der Waals surface area contributed by atoms with Crippen molar-refractivity contribution in [3.8, 4) is 5.75 Å². The molecule has 120 valence electrons. The minimum absolute atomic E-state index is 0.0973. The van der Waals surface area contributed by atoms with Gasteiger partial charge in [-0.1, -0.05) is 30.3 Å². The first-order chi connectivity index (χ1) is 11.1. The largest absolute Gasteiger partial charge is 0.489 e. The molecule has 0 heterocycles. The molecule has 0 atom stereocenters. The molecule has 3 nitrogen and oxygen atoms in total. The Bertz CT molecular complexity index is 681. The van der Waals surface area contributed by atoms with Gasteiger partial charge in [0.05, 0.1) is 0 Å². The number of hydrogen-bond acceptors (Lipinski definition) is 2. The summed E-state index contributed by atoms with van der Waals surface area (Å²) in [7, 11) is 0. The number of halogens is 1. The van der Waals surface area contributed by atoms with Gasteiger partial charge in [0, 0.05) is 11.6 Å². The van der Waals surface area contributed by atoms with Crippen molar-refractivity contribution in [1.29, 1.82) is 0 Å². The molecule has 0 aromatic heterocycles. The van der Waals surface area contributed by atoms with Crippen molar-refractivity contribution in [3.05, 3.63) is 59.7 Å². The molecule has 0 bridgehead atoms. The SMILES string of the molecule is Cc1cc(OCc2ccccc2)ccc1NC(=O)C1CC(F)C1. The van der Waals surface area contributed by atoms with Crippen LogP contribution in [0.2, 0.25) is 0 Å². The summed E-state index contributed by atoms with van der Waals surface area (Å²) < 4.78 is 18.6. The number of ether oxygens (including phenoxy) is 1. The molecule has 1 fully saturated rings. The Morgan fingerprint density at radius 1 is 1.22 bits per heavy atom. The molecule has 2 aromatic carbocycles. The number of benzene rings is 2. The van der Waals surface area contributed by atoms with Gasteiger partial charge in [0.2, 0.25) is 5.91 Å². The number of aryl methyl sites for hydroxylation is 1. The third-order valence-corrected chi connectivity index (χ3v) is 4.16. The van der Waals surface area contributed by atoms with E-state index >= 15 is 0 Å². The summed E-state index contributed by atoms with van der Waals surface area (Å²) in [5.41, 5.74) is 2.79. The van der Waals surface area contributed by atoms with Crippen LogP contribution < -0.4 is 10.1 Å². The standard InChI is InChI=1S/C19H20FNO2/c1-13-9-17(23-12-14-5-3-2-4-6-14)7-8-18(13)21-19(22)15-10-16(20)11-15/h2-9,15-16H,10-12H2,1H3,(H,21,22). The molecule has 1 N–H and O–H groups in total. The van der Waals surface area contributed by atoms with Gasteiger partial charge in [0.25, 0.3) is 0 Å². The third-order valence-electron chi connectivity index (χ3n) is 4.16. The van der Waals surface area contributed by atoms with Gasteiger partial charge < -0.3 is 10.1 Å². The number of amides is 1. The summed E-state index contributed by atoms with van der Waals surface area (Å²) in [5, 5.41) is 2.87. The monoisotopic (exact) mass is 313 g/mol. The second-order valence-electron chi connectivity index (χ2n) is 6.01. The van der Waals surface area contributed by atoms with Gasteiger partial charge in [-0.25, -0.2) is 4.39 Å². The van der Waals surface area contributed by atoms with Crippen LogP contribution >= 0.6 is 0 Å². The highest BCUT2D eigenvalue weighted by atomic mass is 19.1. The molecular weight excluding hydrogens is 293 g/mol. The van der Waals surface area contributed by atoms with Gasteiger partial charge in [-0.2, -0.15) is 0 Å². The smallest absolute Gasteiger partial charge is 0.227 e. The normalized spacial score (nSPS) is 19.7. The lowest BCUT2D eigenvalue weighted by atomic mass is 9.83. The summed E-state index contributed by atoms with van der Waals surface area (Å²) in [5.74, 6) is 0.468. The average molecular weight is 313 g/mol. The fourth-order valence-corrected chi connectivity index (χ4v) is 2.60. The van der Waals surface area contributed by atoms with Crippen molar-refractivity contribution in [2.75, 3.05) is 5.32 Å². The van der Waals surface area contributed by atoms with Gasteiger partial charge in [0.1, 0.15) is 18.5 Å². The molecule has 0 spiro atoms. The average Bonchev–Trinajstić information content (AvgIpc) is 2.53. The molecule has 2 aromatic rings. The molecule has 0 unspecified atom stereocenters. The maximum Gasteiger partial charge on any atom is 0.227 e. The molecule has 0 radical (unpaired) electrons. The van der Waals surface area contributed by atoms with Gasteiger partial charge >= 0.3 is 0 Å². The zero-order valence-electron chi connectivity index (χ0n) is 13.1. The molecule has 4 heteroatoms. The van der Waals surface area contributed by atoms with E-state index in [-0.39, 0.29) is 11.8 Å². The maximum atomic E-state index is 12.8. The van der Waals surface area contributed by atoms with Gasteiger partial charge in [0.15, 0.2) is 0 Å². The molecule has 23 heavy (non-hydrogen) atoms. The number of anilines is 1. The van der Waals surface area contributed by atoms with E-state index in [0.717, 1.165) is 22.6 Å². The molecule has 1 saturated carbocycles. The first-order valence-electron chi connectivity index (χ1n) is 7.84. The Morgan fingerprint density at radius 3 is 2.61 bits per heavy atom. The Labute approximate surface area is 135 Å². The summed E-state index contributed by atoms with van der Waals surface area (Å²) >= 11 is 0. The van der Waals surface area contributed by atoms with Crippen LogP contribution in [-0.2, 0) is 11.4 Å². The van der Waals surface area contributed by atoms with Gasteiger partial charge in [-0.05, 0) is 49.1 Å². The Balaban J connectivity index is 1.58. The van der Waals surface area contributed by atoms with Crippen molar-refractivity contribution in [2.45, 2.75) is 32.5 Å². The number of carbonyl (C=O) groups is 1. The second-order valence-corrected chi connectivity index (χ2v) is 6.01. The van der Waals surface area contributed by atoms with E-state index in [2.05, 4.69) is 5.32 Å². The summed E-state index contributed by atoms with van der Waals surface area (Å²) in [6.45, 7) is 2.43. The van der Waals surface area contributed by atoms with Crippen molar-refractivity contribution >= 4 is 11.6 Å². The van der Waals surface area contributed by atoms with Crippen LogP contribution in [0.5, 0.6) is 5.75 Å². The predicted octanol–water partition coefficient (Wildman–Crippen LogP) is 4.26. The van der Waals surface area contributed by atoms with Crippen LogP contribution in [-0.4, -0.2) is 12.1 Å². The van der Waals surface area contributed by atoms with E-state index in [1.54, 1.807) is 0 Å². The number of alkyl halides is 1. The van der Waals surface area contributed by atoms with Crippen LogP contribution in [0, 0.1) is 12.8 Å². The van der Waals surface area contributed by atoms with E-state index < -0.39 is 6.17 Å². The topological polar surface area (TPSA) is 38.3 Å². The fourth-order valence-electron chi connectivity index (χ4n) is 2.60. The second kappa shape index (κ2) is 6.82. The quantitative estimate of drug-likeness (QED) is 0.895. The Kier molecular flexibility index (Phi) is 4.60. The first kappa shape index (κ1) is 15.5. The van der Waals surface area contributed by atoms with Crippen molar-refractivity contribution in [1.82, 2.24) is 0 Å². The highest BCUT2D eigenvalue weighted by Crippen LogP contribution is 2.31. The van der Waals surface area contributed by atoms with Crippen LogP contribution in [0.3, 0.4) is 0 Å². The first-order valence-corrected chi connectivity index (χ1v) is 7.84. The lowest BCUT2D eigenvalue weighted by Crippen LogP contribution is -2.35. The van der Waals surface area contributed by atoms with Crippen molar-refractivity contribution in [3.63, 3.8) is 0 Å². The van der Waals surface area contributed by atoms with E-state index in [1.807, 2.05) is 55.5 Å². The summed E-state index contributed by atoms with van der Waals surface area (Å²) in [6, 6.07) is 15.5. The Morgan fingerprint density at radius 2 is 1.96 bits per heavy atom. The number of carbonyl (C=O) groups excluding carboxylic acids is 1. The molecule has 1 aliphatic carbocycles. The van der Waals surface area contributed by atoms with Crippen LogP contribution in [0.25, 0.3) is 0 Å². The zero-order chi connectivity index (χ0) is 16.2. The summed E-state index contributed by atoms with van der Waals surface area (Å²) in [6.07, 6.45) is -0.146. The molecule has 1 amide bonds. The predicted molar refractivity (Wildman–Crippen MR) is 88.2 cm³/mol. The lowest BCUT2D eigenvalue weighted by Gasteiger charge is -2.28. The minimum atomic E-state index is -0.819.